The molecule has 1 heterocycles. The lowest BCUT2D eigenvalue weighted by atomic mass is 10.2. The lowest BCUT2D eigenvalue weighted by Gasteiger charge is -2.22. The highest BCUT2D eigenvalue weighted by molar-refractivity contribution is 9.10. The van der Waals surface area contributed by atoms with E-state index in [0.29, 0.717) is 0 Å². The second kappa shape index (κ2) is 3.71. The number of benzene rings is 2. The summed E-state index contributed by atoms with van der Waals surface area (Å²) in [6.07, 6.45) is 0. The molecule has 4 heteroatoms. The van der Waals surface area contributed by atoms with Crippen LogP contribution in [0, 0.1) is 0 Å². The molecule has 1 aliphatic rings. The summed E-state index contributed by atoms with van der Waals surface area (Å²) in [6.45, 7) is 0. The van der Waals surface area contributed by atoms with Crippen molar-refractivity contribution in [3.05, 3.63) is 40.9 Å². The molecule has 0 amide bonds. The van der Waals surface area contributed by atoms with Gasteiger partial charge in [-0.2, -0.15) is 0 Å². The summed E-state index contributed by atoms with van der Waals surface area (Å²) in [5.41, 5.74) is 8.85. The van der Waals surface area contributed by atoms with Crippen LogP contribution in [0.15, 0.2) is 50.7 Å². The summed E-state index contributed by atoms with van der Waals surface area (Å²) in [6, 6.07) is 12.1. The maximum atomic E-state index is 5.95. The Kier molecular flexibility index (Phi) is 2.33. The molecule has 2 nitrogen and oxygen atoms in total. The maximum Gasteiger partial charge on any atom is 0.0759 e. The lowest BCUT2D eigenvalue weighted by Crippen LogP contribution is -2.03. The number of hydrogen-bond acceptors (Lipinski definition) is 3. The predicted molar refractivity (Wildman–Crippen MR) is 72.4 cm³/mol. The van der Waals surface area contributed by atoms with E-state index < -0.39 is 0 Å². The maximum absolute atomic E-state index is 5.95. The zero-order valence-corrected chi connectivity index (χ0v) is 10.7. The summed E-state index contributed by atoms with van der Waals surface area (Å²) in [5.74, 6) is 0. The van der Waals surface area contributed by atoms with Crippen molar-refractivity contribution in [3.63, 3.8) is 0 Å². The van der Waals surface area contributed by atoms with Gasteiger partial charge in [-0.3, -0.25) is 0 Å². The number of anilines is 3. The number of para-hydroxylation sites is 1. The van der Waals surface area contributed by atoms with Crippen LogP contribution in [0.25, 0.3) is 0 Å². The molecule has 2 aromatic rings. The SMILES string of the molecule is Nc1cccc2c1Nc1cccc(Br)c1S2. The van der Waals surface area contributed by atoms with Crippen molar-refractivity contribution >= 4 is 44.8 Å². The van der Waals surface area contributed by atoms with E-state index >= 15 is 0 Å². The summed E-state index contributed by atoms with van der Waals surface area (Å²) < 4.78 is 1.11. The number of rotatable bonds is 0. The number of nitrogens with two attached hydrogens (primary N) is 1. The Balaban J connectivity index is 2.17. The van der Waals surface area contributed by atoms with E-state index in [9.17, 15) is 0 Å². The van der Waals surface area contributed by atoms with Crippen molar-refractivity contribution in [3.8, 4) is 0 Å². The van der Waals surface area contributed by atoms with Crippen LogP contribution in [0.1, 0.15) is 0 Å². The number of fused-ring (bicyclic) bond motifs is 2. The third-order valence-corrected chi connectivity index (χ3v) is 4.62. The van der Waals surface area contributed by atoms with E-state index in [2.05, 4.69) is 33.4 Å². The number of halogens is 1. The molecule has 0 spiro atoms. The molecule has 80 valence electrons. The van der Waals surface area contributed by atoms with Crippen molar-refractivity contribution in [2.75, 3.05) is 11.1 Å². The summed E-state index contributed by atoms with van der Waals surface area (Å²) in [4.78, 5) is 2.38. The first-order valence-corrected chi connectivity index (χ1v) is 6.48. The van der Waals surface area contributed by atoms with Gasteiger partial charge in [-0.15, -0.1) is 0 Å². The fourth-order valence-corrected chi connectivity index (χ4v) is 3.36. The van der Waals surface area contributed by atoms with E-state index in [1.807, 2.05) is 24.3 Å². The molecule has 0 radical (unpaired) electrons. The lowest BCUT2D eigenvalue weighted by molar-refractivity contribution is 1.30. The highest BCUT2D eigenvalue weighted by atomic mass is 79.9. The van der Waals surface area contributed by atoms with Crippen LogP contribution in [0.2, 0.25) is 0 Å². The molecule has 0 bridgehead atoms. The van der Waals surface area contributed by atoms with E-state index in [1.165, 1.54) is 9.79 Å². The molecule has 3 rings (SSSR count). The van der Waals surface area contributed by atoms with Crippen molar-refractivity contribution in [1.82, 2.24) is 0 Å². The molecule has 0 aromatic heterocycles. The first-order chi connectivity index (χ1) is 7.75. The van der Waals surface area contributed by atoms with Gasteiger partial charge in [0.25, 0.3) is 0 Å². The molecule has 0 saturated carbocycles. The van der Waals surface area contributed by atoms with Crippen LogP contribution in [0.4, 0.5) is 17.1 Å². The zero-order valence-electron chi connectivity index (χ0n) is 8.33. The van der Waals surface area contributed by atoms with Crippen molar-refractivity contribution < 1.29 is 0 Å². The van der Waals surface area contributed by atoms with Crippen LogP contribution < -0.4 is 11.1 Å². The molecular formula is C12H9BrN2S. The predicted octanol–water partition coefficient (Wildman–Crippen LogP) is 4.24. The van der Waals surface area contributed by atoms with Crippen LogP contribution >= 0.6 is 27.7 Å². The van der Waals surface area contributed by atoms with Gasteiger partial charge in [0.2, 0.25) is 0 Å². The van der Waals surface area contributed by atoms with Crippen LogP contribution in [0.3, 0.4) is 0 Å². The van der Waals surface area contributed by atoms with E-state index in [4.69, 9.17) is 5.73 Å². The third kappa shape index (κ3) is 1.49. The minimum Gasteiger partial charge on any atom is -0.397 e. The molecular weight excluding hydrogens is 284 g/mol. The normalized spacial score (nSPS) is 12.6. The Labute approximate surface area is 106 Å². The second-order valence-corrected chi connectivity index (χ2v) is 5.47. The van der Waals surface area contributed by atoms with Crippen molar-refractivity contribution in [2.24, 2.45) is 0 Å². The Morgan fingerprint density at radius 3 is 2.81 bits per heavy atom. The van der Waals surface area contributed by atoms with Gasteiger partial charge < -0.3 is 11.1 Å². The van der Waals surface area contributed by atoms with Crippen LogP contribution in [-0.2, 0) is 0 Å². The average molecular weight is 293 g/mol. The molecule has 2 aromatic carbocycles. The molecule has 0 unspecified atom stereocenters. The molecule has 0 fully saturated rings. The van der Waals surface area contributed by atoms with Crippen molar-refractivity contribution in [2.45, 2.75) is 9.79 Å². The van der Waals surface area contributed by atoms with E-state index in [-0.39, 0.29) is 0 Å². The summed E-state index contributed by atoms with van der Waals surface area (Å²) in [7, 11) is 0. The standard InChI is InChI=1S/C12H9BrN2S/c13-7-3-1-5-9-12(7)16-10-6-2-4-8(14)11(10)15-9/h1-6,15H,14H2. The Bertz CT molecular complexity index is 517. The van der Waals surface area contributed by atoms with Gasteiger partial charge in [-0.25, -0.2) is 0 Å². The topological polar surface area (TPSA) is 38.0 Å². The highest BCUT2D eigenvalue weighted by Gasteiger charge is 2.18. The summed E-state index contributed by atoms with van der Waals surface area (Å²) >= 11 is 5.29. The van der Waals surface area contributed by atoms with Gasteiger partial charge in [0, 0.05) is 9.37 Å². The molecule has 16 heavy (non-hydrogen) atoms. The Morgan fingerprint density at radius 2 is 1.94 bits per heavy atom. The van der Waals surface area contributed by atoms with Crippen LogP contribution in [-0.4, -0.2) is 0 Å². The van der Waals surface area contributed by atoms with Gasteiger partial charge in [-0.1, -0.05) is 23.9 Å². The number of nitrogen functional groups attached to an aromatic ring is 1. The first kappa shape index (κ1) is 10.1. The van der Waals surface area contributed by atoms with Crippen LogP contribution in [0.5, 0.6) is 0 Å². The third-order valence-electron chi connectivity index (χ3n) is 2.50. The monoisotopic (exact) mass is 292 g/mol. The van der Waals surface area contributed by atoms with Gasteiger partial charge in [0.15, 0.2) is 0 Å². The quantitative estimate of drug-likeness (QED) is 0.609. The van der Waals surface area contributed by atoms with E-state index in [0.717, 1.165) is 21.5 Å². The largest absolute Gasteiger partial charge is 0.397 e. The van der Waals surface area contributed by atoms with Gasteiger partial charge in [0.05, 0.1) is 22.0 Å². The second-order valence-electron chi connectivity index (χ2n) is 3.56. The molecule has 3 N–H and O–H groups in total. The van der Waals surface area contributed by atoms with Gasteiger partial charge in [-0.05, 0) is 40.2 Å². The summed E-state index contributed by atoms with van der Waals surface area (Å²) in [5, 5.41) is 3.37. The molecule has 1 aliphatic heterocycles. The van der Waals surface area contributed by atoms with E-state index in [1.54, 1.807) is 11.8 Å². The number of nitrogens with one attached hydrogen (secondary N) is 1. The Hall–Kier alpha value is -1.13. The average Bonchev–Trinajstić information content (AvgIpc) is 2.29. The minimum absolute atomic E-state index is 0.788. The molecule has 0 atom stereocenters. The minimum atomic E-state index is 0.788. The molecule has 0 aliphatic carbocycles. The fraction of sp³-hybridized carbons (Fsp3) is 0. The van der Waals surface area contributed by atoms with Gasteiger partial charge in [0.1, 0.15) is 0 Å². The smallest absolute Gasteiger partial charge is 0.0759 e. The number of hydrogen-bond donors (Lipinski definition) is 2. The molecule has 0 saturated heterocycles. The highest BCUT2D eigenvalue weighted by Crippen LogP contribution is 2.48. The fourth-order valence-electron chi connectivity index (χ4n) is 1.72. The Morgan fingerprint density at radius 1 is 1.12 bits per heavy atom. The van der Waals surface area contributed by atoms with Crippen molar-refractivity contribution in [1.29, 1.82) is 0 Å². The van der Waals surface area contributed by atoms with Gasteiger partial charge >= 0.3 is 0 Å². The first-order valence-electron chi connectivity index (χ1n) is 4.87. The zero-order chi connectivity index (χ0) is 11.1.